The number of carbonyl (C=O) groups is 1. The summed E-state index contributed by atoms with van der Waals surface area (Å²) in [5, 5.41) is 17.3. The van der Waals surface area contributed by atoms with Crippen LogP contribution in [-0.2, 0) is 11.2 Å². The Morgan fingerprint density at radius 2 is 1.93 bits per heavy atom. The molecule has 0 bridgehead atoms. The molecule has 0 radical (unpaired) electrons. The molecule has 76 valence electrons. The normalized spacial score (nSPS) is 12.4. The van der Waals surface area contributed by atoms with E-state index in [0.717, 1.165) is 11.1 Å². The van der Waals surface area contributed by atoms with E-state index < -0.39 is 12.0 Å². The van der Waals surface area contributed by atoms with Gasteiger partial charge in [-0.05, 0) is 11.1 Å². The zero-order valence-electron chi connectivity index (χ0n) is 7.68. The van der Waals surface area contributed by atoms with Crippen LogP contribution in [0.25, 0.3) is 0 Å². The highest BCUT2D eigenvalue weighted by Crippen LogP contribution is 2.11. The fourth-order valence-electron chi connectivity index (χ4n) is 1.16. The van der Waals surface area contributed by atoms with Crippen molar-refractivity contribution in [2.75, 3.05) is 6.61 Å². The second-order valence-corrected chi connectivity index (χ2v) is 3.10. The first kappa shape index (κ1) is 10.7. The Labute approximate surface area is 82.0 Å². The molecule has 0 amide bonds. The molecular formula is C10H13NO3. The molecule has 0 fully saturated rings. The summed E-state index contributed by atoms with van der Waals surface area (Å²) in [5.74, 6) is -0.857. The third kappa shape index (κ3) is 2.83. The van der Waals surface area contributed by atoms with Crippen LogP contribution >= 0.6 is 0 Å². The molecule has 1 unspecified atom stereocenters. The summed E-state index contributed by atoms with van der Waals surface area (Å²) in [5.41, 5.74) is 7.11. The Hall–Kier alpha value is -1.39. The van der Waals surface area contributed by atoms with Crippen LogP contribution in [0.1, 0.15) is 17.2 Å². The van der Waals surface area contributed by atoms with Gasteiger partial charge in [-0.15, -0.1) is 0 Å². The van der Waals surface area contributed by atoms with Gasteiger partial charge in [0.25, 0.3) is 0 Å². The maximum absolute atomic E-state index is 10.4. The largest absolute Gasteiger partial charge is 0.481 e. The zero-order chi connectivity index (χ0) is 10.6. The lowest BCUT2D eigenvalue weighted by Crippen LogP contribution is -2.14. The van der Waals surface area contributed by atoms with Gasteiger partial charge in [-0.1, -0.05) is 24.3 Å². The lowest BCUT2D eigenvalue weighted by Gasteiger charge is -2.08. The van der Waals surface area contributed by atoms with Crippen LogP contribution < -0.4 is 5.73 Å². The maximum Gasteiger partial charge on any atom is 0.307 e. The molecule has 4 N–H and O–H groups in total. The number of hydrogen-bond acceptors (Lipinski definition) is 3. The SMILES string of the molecule is NC(CO)c1ccc(CC(=O)O)cc1. The molecule has 0 spiro atoms. The summed E-state index contributed by atoms with van der Waals surface area (Å²) < 4.78 is 0. The molecule has 0 heterocycles. The van der Waals surface area contributed by atoms with Gasteiger partial charge in [0, 0.05) is 0 Å². The van der Waals surface area contributed by atoms with Gasteiger partial charge in [-0.25, -0.2) is 0 Å². The molecule has 4 heteroatoms. The number of aliphatic hydroxyl groups is 1. The van der Waals surface area contributed by atoms with E-state index in [1.165, 1.54) is 0 Å². The molecule has 0 aliphatic rings. The first-order valence-electron chi connectivity index (χ1n) is 4.30. The van der Waals surface area contributed by atoms with E-state index in [2.05, 4.69) is 0 Å². The monoisotopic (exact) mass is 195 g/mol. The summed E-state index contributed by atoms with van der Waals surface area (Å²) in [6, 6.07) is 6.49. The Balaban J connectivity index is 2.73. The predicted octanol–water partition coefficient (Wildman–Crippen LogP) is 0.306. The van der Waals surface area contributed by atoms with Gasteiger partial charge < -0.3 is 15.9 Å². The Bertz CT molecular complexity index is 308. The number of carboxylic acids is 1. The average Bonchev–Trinajstić information content (AvgIpc) is 2.17. The standard InChI is InChI=1S/C10H13NO3/c11-9(6-12)8-3-1-7(2-4-8)5-10(13)14/h1-4,9,12H,5-6,11H2,(H,13,14). The van der Waals surface area contributed by atoms with Gasteiger partial charge >= 0.3 is 5.97 Å². The minimum atomic E-state index is -0.857. The molecule has 14 heavy (non-hydrogen) atoms. The number of aliphatic carboxylic acids is 1. The van der Waals surface area contributed by atoms with Crippen LogP contribution in [0.5, 0.6) is 0 Å². The molecular weight excluding hydrogens is 182 g/mol. The van der Waals surface area contributed by atoms with E-state index in [1.54, 1.807) is 24.3 Å². The van der Waals surface area contributed by atoms with E-state index >= 15 is 0 Å². The van der Waals surface area contributed by atoms with E-state index in [4.69, 9.17) is 15.9 Å². The second kappa shape index (κ2) is 4.74. The second-order valence-electron chi connectivity index (χ2n) is 3.10. The zero-order valence-corrected chi connectivity index (χ0v) is 7.68. The van der Waals surface area contributed by atoms with Gasteiger partial charge in [0.1, 0.15) is 0 Å². The average molecular weight is 195 g/mol. The van der Waals surface area contributed by atoms with Crippen molar-refractivity contribution >= 4 is 5.97 Å². The molecule has 1 rings (SSSR count). The highest BCUT2D eigenvalue weighted by molar-refractivity contribution is 5.70. The number of nitrogens with two attached hydrogens (primary N) is 1. The van der Waals surface area contributed by atoms with Crippen molar-refractivity contribution in [2.24, 2.45) is 5.73 Å². The summed E-state index contributed by atoms with van der Waals surface area (Å²) in [6.45, 7) is -0.113. The highest BCUT2D eigenvalue weighted by atomic mass is 16.4. The fourth-order valence-corrected chi connectivity index (χ4v) is 1.16. The molecule has 0 saturated carbocycles. The number of rotatable bonds is 4. The first-order valence-corrected chi connectivity index (χ1v) is 4.30. The molecule has 1 aromatic rings. The lowest BCUT2D eigenvalue weighted by molar-refractivity contribution is -0.136. The van der Waals surface area contributed by atoms with Crippen molar-refractivity contribution in [3.8, 4) is 0 Å². The molecule has 1 atom stereocenters. The van der Waals surface area contributed by atoms with E-state index in [0.29, 0.717) is 0 Å². The van der Waals surface area contributed by atoms with E-state index in [9.17, 15) is 4.79 Å². The van der Waals surface area contributed by atoms with Crippen molar-refractivity contribution in [3.05, 3.63) is 35.4 Å². The van der Waals surface area contributed by atoms with Crippen molar-refractivity contribution in [1.82, 2.24) is 0 Å². The van der Waals surface area contributed by atoms with Crippen LogP contribution in [0.3, 0.4) is 0 Å². The molecule has 4 nitrogen and oxygen atoms in total. The summed E-state index contributed by atoms with van der Waals surface area (Å²) in [4.78, 5) is 10.4. The molecule has 0 saturated heterocycles. The van der Waals surface area contributed by atoms with E-state index in [-0.39, 0.29) is 13.0 Å². The minimum Gasteiger partial charge on any atom is -0.481 e. The highest BCUT2D eigenvalue weighted by Gasteiger charge is 2.04. The summed E-state index contributed by atoms with van der Waals surface area (Å²) >= 11 is 0. The van der Waals surface area contributed by atoms with Gasteiger partial charge in [-0.2, -0.15) is 0 Å². The number of aliphatic hydroxyl groups excluding tert-OH is 1. The molecule has 0 aromatic heterocycles. The maximum atomic E-state index is 10.4. The predicted molar refractivity (Wildman–Crippen MR) is 51.8 cm³/mol. The van der Waals surface area contributed by atoms with Gasteiger partial charge in [0.2, 0.25) is 0 Å². The summed E-state index contributed by atoms with van der Waals surface area (Å²) in [7, 11) is 0. The minimum absolute atomic E-state index is 0.00857. The van der Waals surface area contributed by atoms with Crippen molar-refractivity contribution in [1.29, 1.82) is 0 Å². The van der Waals surface area contributed by atoms with Crippen molar-refractivity contribution in [3.63, 3.8) is 0 Å². The quantitative estimate of drug-likeness (QED) is 0.645. The van der Waals surface area contributed by atoms with Gasteiger partial charge in [0.05, 0.1) is 19.1 Å². The molecule has 1 aromatic carbocycles. The van der Waals surface area contributed by atoms with Crippen LogP contribution in [0, 0.1) is 0 Å². The van der Waals surface area contributed by atoms with Crippen LogP contribution in [-0.4, -0.2) is 22.8 Å². The van der Waals surface area contributed by atoms with Gasteiger partial charge in [-0.3, -0.25) is 4.79 Å². The van der Waals surface area contributed by atoms with Crippen LogP contribution in [0.15, 0.2) is 24.3 Å². The molecule has 0 aliphatic heterocycles. The Kier molecular flexibility index (Phi) is 3.62. The number of benzene rings is 1. The smallest absolute Gasteiger partial charge is 0.307 e. The van der Waals surface area contributed by atoms with Gasteiger partial charge in [0.15, 0.2) is 0 Å². The van der Waals surface area contributed by atoms with E-state index in [1.807, 2.05) is 0 Å². The summed E-state index contributed by atoms with van der Waals surface area (Å²) in [6.07, 6.45) is 0.00857. The fraction of sp³-hybridized carbons (Fsp3) is 0.300. The van der Waals surface area contributed by atoms with Crippen molar-refractivity contribution in [2.45, 2.75) is 12.5 Å². The van der Waals surface area contributed by atoms with Crippen LogP contribution in [0.2, 0.25) is 0 Å². The molecule has 0 aliphatic carbocycles. The third-order valence-corrected chi connectivity index (χ3v) is 1.96. The van der Waals surface area contributed by atoms with Crippen molar-refractivity contribution < 1.29 is 15.0 Å². The van der Waals surface area contributed by atoms with Crippen LogP contribution in [0.4, 0.5) is 0 Å². The number of hydrogen-bond donors (Lipinski definition) is 3. The number of carboxylic acid groups (broad SMARTS) is 1. The Morgan fingerprint density at radius 1 is 1.36 bits per heavy atom. The lowest BCUT2D eigenvalue weighted by atomic mass is 10.0. The first-order chi connectivity index (χ1) is 6.63. The topological polar surface area (TPSA) is 83.5 Å². The Morgan fingerprint density at radius 3 is 2.36 bits per heavy atom. The third-order valence-electron chi connectivity index (χ3n) is 1.96.